The first kappa shape index (κ1) is 14.2. The van der Waals surface area contributed by atoms with Crippen molar-refractivity contribution in [3.05, 3.63) is 30.4 Å². The second kappa shape index (κ2) is 6.32. The highest BCUT2D eigenvalue weighted by molar-refractivity contribution is 5.51. The van der Waals surface area contributed by atoms with E-state index in [0.29, 0.717) is 24.2 Å². The molecule has 112 valence electrons. The van der Waals surface area contributed by atoms with Crippen molar-refractivity contribution >= 4 is 0 Å². The summed E-state index contributed by atoms with van der Waals surface area (Å²) in [6.45, 7) is 3.90. The summed E-state index contributed by atoms with van der Waals surface area (Å²) in [7, 11) is 0. The summed E-state index contributed by atoms with van der Waals surface area (Å²) in [6.07, 6.45) is 5.73. The average Bonchev–Trinajstić information content (AvgIpc) is 2.97. The number of piperidine rings is 1. The summed E-state index contributed by atoms with van der Waals surface area (Å²) in [4.78, 5) is 10.7. The molecule has 3 heterocycles. The molecule has 1 fully saturated rings. The Bertz CT molecular complexity index is 572. The van der Waals surface area contributed by atoms with Crippen LogP contribution in [0.4, 0.5) is 0 Å². The molecule has 21 heavy (non-hydrogen) atoms. The van der Waals surface area contributed by atoms with Crippen LogP contribution in [-0.2, 0) is 6.54 Å². The van der Waals surface area contributed by atoms with Gasteiger partial charge >= 0.3 is 0 Å². The minimum absolute atomic E-state index is 0.171. The van der Waals surface area contributed by atoms with E-state index in [1.807, 2.05) is 12.1 Å². The van der Waals surface area contributed by atoms with Gasteiger partial charge in [-0.1, -0.05) is 12.1 Å². The van der Waals surface area contributed by atoms with Gasteiger partial charge in [-0.2, -0.15) is 4.98 Å². The van der Waals surface area contributed by atoms with E-state index in [1.165, 1.54) is 0 Å². The third-order valence-corrected chi connectivity index (χ3v) is 4.14. The summed E-state index contributed by atoms with van der Waals surface area (Å²) >= 11 is 0. The summed E-state index contributed by atoms with van der Waals surface area (Å²) in [5.41, 5.74) is 0.846. The van der Waals surface area contributed by atoms with Crippen LogP contribution in [0.15, 0.2) is 29.0 Å². The molecule has 3 rings (SSSR count). The van der Waals surface area contributed by atoms with Crippen molar-refractivity contribution in [3.63, 3.8) is 0 Å². The molecule has 1 saturated heterocycles. The van der Waals surface area contributed by atoms with Crippen LogP contribution >= 0.6 is 0 Å². The largest absolute Gasteiger partial charge is 0.395 e. The molecule has 2 aromatic heterocycles. The molecule has 1 N–H and O–H groups in total. The highest BCUT2D eigenvalue weighted by Crippen LogP contribution is 2.24. The molecule has 1 aliphatic rings. The second-order valence-corrected chi connectivity index (χ2v) is 5.59. The highest BCUT2D eigenvalue weighted by Gasteiger charge is 2.29. The van der Waals surface area contributed by atoms with Gasteiger partial charge in [0.2, 0.25) is 11.7 Å². The molecule has 0 bridgehead atoms. The van der Waals surface area contributed by atoms with Gasteiger partial charge in [-0.05, 0) is 37.4 Å². The van der Waals surface area contributed by atoms with Gasteiger partial charge < -0.3 is 9.63 Å². The second-order valence-electron chi connectivity index (χ2n) is 5.59. The first-order chi connectivity index (χ1) is 10.3. The Balaban J connectivity index is 1.72. The van der Waals surface area contributed by atoms with Gasteiger partial charge in [-0.25, -0.2) is 0 Å². The van der Waals surface area contributed by atoms with E-state index >= 15 is 0 Å². The van der Waals surface area contributed by atoms with Crippen molar-refractivity contribution < 1.29 is 9.63 Å². The number of pyridine rings is 1. The number of aromatic nitrogens is 3. The van der Waals surface area contributed by atoms with Crippen LogP contribution < -0.4 is 0 Å². The smallest absolute Gasteiger partial charge is 0.241 e. The molecule has 6 heteroatoms. The van der Waals surface area contributed by atoms with E-state index in [9.17, 15) is 5.11 Å². The Hall–Kier alpha value is -1.79. The van der Waals surface area contributed by atoms with E-state index in [1.54, 1.807) is 12.4 Å². The van der Waals surface area contributed by atoms with Gasteiger partial charge in [0.1, 0.15) is 0 Å². The highest BCUT2D eigenvalue weighted by atomic mass is 16.5. The Morgan fingerprint density at radius 2 is 2.38 bits per heavy atom. The number of likely N-dealkylation sites (tertiary alicyclic amines) is 1. The van der Waals surface area contributed by atoms with Crippen LogP contribution in [0.1, 0.15) is 25.7 Å². The van der Waals surface area contributed by atoms with Crippen molar-refractivity contribution in [1.82, 2.24) is 20.0 Å². The number of aliphatic hydroxyl groups excluding tert-OH is 1. The lowest BCUT2D eigenvalue weighted by Crippen LogP contribution is -2.46. The van der Waals surface area contributed by atoms with Crippen molar-refractivity contribution in [2.75, 3.05) is 13.2 Å². The minimum Gasteiger partial charge on any atom is -0.395 e. The fourth-order valence-electron chi connectivity index (χ4n) is 2.93. The quantitative estimate of drug-likeness (QED) is 0.923. The van der Waals surface area contributed by atoms with Crippen molar-refractivity contribution in [3.8, 4) is 11.4 Å². The topological polar surface area (TPSA) is 75.3 Å². The lowest BCUT2D eigenvalue weighted by molar-refractivity contribution is 0.0400. The molecule has 0 amide bonds. The molecule has 0 aliphatic carbocycles. The van der Waals surface area contributed by atoms with Gasteiger partial charge in [0.25, 0.3) is 0 Å². The molecule has 2 unspecified atom stereocenters. The van der Waals surface area contributed by atoms with Crippen LogP contribution in [0.3, 0.4) is 0 Å². The van der Waals surface area contributed by atoms with Crippen LogP contribution in [0.2, 0.25) is 0 Å². The minimum atomic E-state index is 0.171. The predicted molar refractivity (Wildman–Crippen MR) is 77.2 cm³/mol. The lowest BCUT2D eigenvalue weighted by atomic mass is 9.91. The number of aliphatic hydroxyl groups is 1. The molecule has 1 aliphatic heterocycles. The average molecular weight is 288 g/mol. The fourth-order valence-corrected chi connectivity index (χ4v) is 2.93. The molecule has 2 aromatic rings. The van der Waals surface area contributed by atoms with Gasteiger partial charge in [-0.3, -0.25) is 9.88 Å². The molecule has 0 saturated carbocycles. The SMILES string of the molecule is CC1CCCN(Cc2nc(-c3cccnc3)no2)C1CO. The first-order valence-corrected chi connectivity index (χ1v) is 7.36. The van der Waals surface area contributed by atoms with Crippen molar-refractivity contribution in [2.24, 2.45) is 5.92 Å². The first-order valence-electron chi connectivity index (χ1n) is 7.36. The van der Waals surface area contributed by atoms with Gasteiger partial charge in [0.15, 0.2) is 0 Å². The van der Waals surface area contributed by atoms with Crippen LogP contribution in [0.5, 0.6) is 0 Å². The Kier molecular flexibility index (Phi) is 4.26. The van der Waals surface area contributed by atoms with E-state index in [0.717, 1.165) is 24.9 Å². The zero-order valence-electron chi connectivity index (χ0n) is 12.1. The normalized spacial score (nSPS) is 23.3. The standard InChI is InChI=1S/C15H20N4O2/c1-11-4-3-7-19(13(11)10-20)9-14-17-15(18-21-14)12-5-2-6-16-8-12/h2,5-6,8,11,13,20H,3-4,7,9-10H2,1H3. The maximum absolute atomic E-state index is 9.58. The maximum atomic E-state index is 9.58. The van der Waals surface area contributed by atoms with Gasteiger partial charge in [0.05, 0.1) is 13.2 Å². The molecule has 0 aromatic carbocycles. The van der Waals surface area contributed by atoms with E-state index < -0.39 is 0 Å². The summed E-state index contributed by atoms with van der Waals surface area (Å²) in [5, 5.41) is 13.6. The number of hydrogen-bond acceptors (Lipinski definition) is 6. The Labute approximate surface area is 123 Å². The zero-order valence-corrected chi connectivity index (χ0v) is 12.1. The molecule has 6 nitrogen and oxygen atoms in total. The fraction of sp³-hybridized carbons (Fsp3) is 0.533. The van der Waals surface area contributed by atoms with Crippen molar-refractivity contribution in [2.45, 2.75) is 32.4 Å². The molecule has 0 radical (unpaired) electrons. The molecule has 0 spiro atoms. The lowest BCUT2D eigenvalue weighted by Gasteiger charge is -2.38. The molecule has 2 atom stereocenters. The zero-order chi connectivity index (χ0) is 14.7. The number of hydrogen-bond donors (Lipinski definition) is 1. The number of nitrogens with zero attached hydrogens (tertiary/aromatic N) is 4. The van der Waals surface area contributed by atoms with Gasteiger partial charge in [0, 0.05) is 24.0 Å². The van der Waals surface area contributed by atoms with E-state index in [2.05, 4.69) is 26.9 Å². The summed E-state index contributed by atoms with van der Waals surface area (Å²) in [5.74, 6) is 1.63. The third-order valence-electron chi connectivity index (χ3n) is 4.14. The predicted octanol–water partition coefficient (Wildman–Crippen LogP) is 1.72. The van der Waals surface area contributed by atoms with Crippen LogP contribution in [0.25, 0.3) is 11.4 Å². The van der Waals surface area contributed by atoms with E-state index in [4.69, 9.17) is 4.52 Å². The number of rotatable bonds is 4. The Morgan fingerprint density at radius 1 is 1.48 bits per heavy atom. The van der Waals surface area contributed by atoms with E-state index in [-0.39, 0.29) is 12.6 Å². The van der Waals surface area contributed by atoms with Crippen LogP contribution in [-0.4, -0.2) is 44.3 Å². The van der Waals surface area contributed by atoms with Crippen LogP contribution in [0, 0.1) is 5.92 Å². The Morgan fingerprint density at radius 3 is 3.14 bits per heavy atom. The summed E-state index contributed by atoms with van der Waals surface area (Å²) in [6, 6.07) is 3.92. The maximum Gasteiger partial charge on any atom is 0.241 e. The van der Waals surface area contributed by atoms with Crippen molar-refractivity contribution in [1.29, 1.82) is 0 Å². The van der Waals surface area contributed by atoms with Gasteiger partial charge in [-0.15, -0.1) is 0 Å². The molecular weight excluding hydrogens is 268 g/mol. The summed E-state index contributed by atoms with van der Waals surface area (Å²) < 4.78 is 5.34. The monoisotopic (exact) mass is 288 g/mol. The third kappa shape index (κ3) is 3.11. The molecular formula is C15H20N4O2.